The number of ether oxygens (including phenoxy) is 1. The number of nitrogens with zero attached hydrogens (tertiary/aromatic N) is 1. The van der Waals surface area contributed by atoms with Crippen LogP contribution >= 0.6 is 0 Å². The second-order valence-electron chi connectivity index (χ2n) is 6.49. The Morgan fingerprint density at radius 3 is 2.17 bits per heavy atom. The average Bonchev–Trinajstić information content (AvgIpc) is 2.70. The molecule has 2 aromatic rings. The smallest absolute Gasteiger partial charge is 0.324 e. The number of esters is 1. The lowest BCUT2D eigenvalue weighted by atomic mass is 10.1. The number of nitro groups is 1. The number of rotatable bonds is 9. The molecule has 0 saturated carbocycles. The molecule has 29 heavy (non-hydrogen) atoms. The van der Waals surface area contributed by atoms with Crippen molar-refractivity contribution in [3.05, 3.63) is 70.3 Å². The van der Waals surface area contributed by atoms with Gasteiger partial charge in [0, 0.05) is 17.7 Å². The molecule has 0 spiro atoms. The second-order valence-corrected chi connectivity index (χ2v) is 8.20. The molecule has 9 nitrogen and oxygen atoms in total. The highest BCUT2D eigenvalue weighted by Crippen LogP contribution is 2.17. The highest BCUT2D eigenvalue weighted by Gasteiger charge is 2.30. The number of hydrogen-bond donors (Lipinski definition) is 1. The lowest BCUT2D eigenvalue weighted by molar-refractivity contribution is -0.384. The molecule has 0 saturated heterocycles. The summed E-state index contributed by atoms with van der Waals surface area (Å²) in [6.07, 6.45) is 0. The number of ketones is 1. The molecule has 0 aliphatic rings. The van der Waals surface area contributed by atoms with Crippen LogP contribution in [0.2, 0.25) is 0 Å². The summed E-state index contributed by atoms with van der Waals surface area (Å²) < 4.78 is 32.3. The standard InChI is InChI=1S/C19H20N2O7S/c1-13(2)18(19(23)28-12-17(22)14-6-4-3-5-7-14)20-29(26,27)16-10-8-15(9-11-16)21(24)25/h3-11,13,18,20H,12H2,1-2H3/t18-/m0/s1. The van der Waals surface area contributed by atoms with Crippen molar-refractivity contribution in [1.29, 1.82) is 0 Å². The van der Waals surface area contributed by atoms with Crippen molar-refractivity contribution in [2.45, 2.75) is 24.8 Å². The van der Waals surface area contributed by atoms with E-state index in [9.17, 15) is 28.1 Å². The van der Waals surface area contributed by atoms with E-state index in [0.29, 0.717) is 5.56 Å². The molecule has 1 N–H and O–H groups in total. The van der Waals surface area contributed by atoms with E-state index < -0.39 is 45.3 Å². The Labute approximate surface area is 167 Å². The summed E-state index contributed by atoms with van der Waals surface area (Å²) >= 11 is 0. The third kappa shape index (κ3) is 5.93. The van der Waals surface area contributed by atoms with Crippen LogP contribution in [0.4, 0.5) is 5.69 Å². The first kappa shape index (κ1) is 22.2. The first-order chi connectivity index (χ1) is 13.6. The Morgan fingerprint density at radius 2 is 1.66 bits per heavy atom. The van der Waals surface area contributed by atoms with Crippen molar-refractivity contribution in [1.82, 2.24) is 4.72 Å². The second kappa shape index (κ2) is 9.39. The minimum absolute atomic E-state index is 0.234. The topological polar surface area (TPSA) is 133 Å². The lowest BCUT2D eigenvalue weighted by Crippen LogP contribution is -2.45. The van der Waals surface area contributed by atoms with E-state index in [1.165, 1.54) is 0 Å². The van der Waals surface area contributed by atoms with Crippen molar-refractivity contribution in [3.8, 4) is 0 Å². The van der Waals surface area contributed by atoms with E-state index in [1.807, 2.05) is 0 Å². The van der Waals surface area contributed by atoms with Crippen molar-refractivity contribution >= 4 is 27.5 Å². The molecule has 0 aromatic heterocycles. The molecule has 0 radical (unpaired) electrons. The normalized spacial score (nSPS) is 12.4. The number of carbonyl (C=O) groups excluding carboxylic acids is 2. The van der Waals surface area contributed by atoms with Crippen LogP contribution in [-0.2, 0) is 19.6 Å². The summed E-state index contributed by atoms with van der Waals surface area (Å²) in [5, 5.41) is 10.7. The minimum atomic E-state index is -4.14. The third-order valence-electron chi connectivity index (χ3n) is 4.00. The summed E-state index contributed by atoms with van der Waals surface area (Å²) in [6, 6.07) is 11.2. The fraction of sp³-hybridized carbons (Fsp3) is 0.263. The molecule has 154 valence electrons. The van der Waals surface area contributed by atoms with Crippen LogP contribution in [0.1, 0.15) is 24.2 Å². The van der Waals surface area contributed by atoms with Gasteiger partial charge in [-0.05, 0) is 18.1 Å². The molecular weight excluding hydrogens is 400 g/mol. The molecule has 0 fully saturated rings. The van der Waals surface area contributed by atoms with Crippen LogP contribution in [0.3, 0.4) is 0 Å². The van der Waals surface area contributed by atoms with Crippen molar-refractivity contribution < 1.29 is 27.7 Å². The van der Waals surface area contributed by atoms with Crippen LogP contribution in [-0.4, -0.2) is 37.7 Å². The third-order valence-corrected chi connectivity index (χ3v) is 5.46. The van der Waals surface area contributed by atoms with Gasteiger partial charge in [-0.2, -0.15) is 4.72 Å². The van der Waals surface area contributed by atoms with E-state index in [-0.39, 0.29) is 10.6 Å². The maximum atomic E-state index is 12.5. The van der Waals surface area contributed by atoms with Gasteiger partial charge in [0.15, 0.2) is 12.4 Å². The Kier molecular flexibility index (Phi) is 7.18. The Balaban J connectivity index is 2.08. The van der Waals surface area contributed by atoms with Gasteiger partial charge in [-0.15, -0.1) is 0 Å². The number of hydrogen-bond acceptors (Lipinski definition) is 7. The molecule has 0 unspecified atom stereocenters. The predicted molar refractivity (Wildman–Crippen MR) is 104 cm³/mol. The molecule has 10 heteroatoms. The number of sulfonamides is 1. The summed E-state index contributed by atoms with van der Waals surface area (Å²) in [5.74, 6) is -1.78. The van der Waals surface area contributed by atoms with E-state index >= 15 is 0 Å². The van der Waals surface area contributed by atoms with E-state index in [0.717, 1.165) is 24.3 Å². The molecule has 0 bridgehead atoms. The first-order valence-electron chi connectivity index (χ1n) is 8.63. The lowest BCUT2D eigenvalue weighted by Gasteiger charge is -2.20. The summed E-state index contributed by atoms with van der Waals surface area (Å²) in [4.78, 5) is 34.3. The van der Waals surface area contributed by atoms with Crippen LogP contribution in [0.25, 0.3) is 0 Å². The highest BCUT2D eigenvalue weighted by atomic mass is 32.2. The van der Waals surface area contributed by atoms with Crippen molar-refractivity contribution in [2.75, 3.05) is 6.61 Å². The number of carbonyl (C=O) groups is 2. The van der Waals surface area contributed by atoms with Crippen LogP contribution in [0, 0.1) is 16.0 Å². The van der Waals surface area contributed by atoms with Crippen LogP contribution < -0.4 is 4.72 Å². The molecule has 0 aliphatic carbocycles. The Morgan fingerprint density at radius 1 is 1.07 bits per heavy atom. The molecule has 1 atom stereocenters. The van der Waals surface area contributed by atoms with Gasteiger partial charge in [-0.3, -0.25) is 19.7 Å². The van der Waals surface area contributed by atoms with E-state index in [4.69, 9.17) is 4.74 Å². The quantitative estimate of drug-likeness (QED) is 0.285. The maximum Gasteiger partial charge on any atom is 0.324 e. The van der Waals surface area contributed by atoms with Crippen molar-refractivity contribution in [2.24, 2.45) is 5.92 Å². The fourth-order valence-corrected chi connectivity index (χ4v) is 3.71. The minimum Gasteiger partial charge on any atom is -0.456 e. The molecule has 0 aliphatic heterocycles. The van der Waals surface area contributed by atoms with Crippen molar-refractivity contribution in [3.63, 3.8) is 0 Å². The predicted octanol–water partition coefficient (Wildman–Crippen LogP) is 2.32. The van der Waals surface area contributed by atoms with E-state index in [2.05, 4.69) is 4.72 Å². The van der Waals surface area contributed by atoms with E-state index in [1.54, 1.807) is 44.2 Å². The number of nitrogens with one attached hydrogen (secondary N) is 1. The van der Waals surface area contributed by atoms with Crippen LogP contribution in [0.5, 0.6) is 0 Å². The number of benzene rings is 2. The number of nitro benzene ring substituents is 1. The molecule has 2 aromatic carbocycles. The maximum absolute atomic E-state index is 12.5. The first-order valence-corrected chi connectivity index (χ1v) is 10.1. The zero-order valence-corrected chi connectivity index (χ0v) is 16.6. The number of Topliss-reactive ketones (excluding diaryl/α,β-unsaturated/α-hetero) is 1. The monoisotopic (exact) mass is 420 g/mol. The Bertz CT molecular complexity index is 987. The van der Waals surface area contributed by atoms with Gasteiger partial charge >= 0.3 is 5.97 Å². The highest BCUT2D eigenvalue weighted by molar-refractivity contribution is 7.89. The Hall–Kier alpha value is -3.11. The zero-order chi connectivity index (χ0) is 21.6. The van der Waals surface area contributed by atoms with Gasteiger partial charge in [-0.1, -0.05) is 44.2 Å². The number of non-ortho nitro benzene ring substituents is 1. The SMILES string of the molecule is CC(C)[C@H](NS(=O)(=O)c1ccc([N+](=O)[O-])cc1)C(=O)OCC(=O)c1ccccc1. The van der Waals surface area contributed by atoms with Gasteiger partial charge in [0.1, 0.15) is 6.04 Å². The average molecular weight is 420 g/mol. The van der Waals surface area contributed by atoms with Gasteiger partial charge in [0.05, 0.1) is 9.82 Å². The summed E-state index contributed by atoms with van der Waals surface area (Å²) in [7, 11) is -4.14. The fourth-order valence-electron chi connectivity index (χ4n) is 2.37. The molecular formula is C19H20N2O7S. The van der Waals surface area contributed by atoms with Crippen LogP contribution in [0.15, 0.2) is 59.5 Å². The summed E-state index contributed by atoms with van der Waals surface area (Å²) in [5.41, 5.74) is 0.107. The zero-order valence-electron chi connectivity index (χ0n) is 15.8. The van der Waals surface area contributed by atoms with Gasteiger partial charge in [0.25, 0.3) is 5.69 Å². The molecule has 0 heterocycles. The van der Waals surface area contributed by atoms with Gasteiger partial charge in [-0.25, -0.2) is 8.42 Å². The largest absolute Gasteiger partial charge is 0.456 e. The summed E-state index contributed by atoms with van der Waals surface area (Å²) in [6.45, 7) is 2.71. The van der Waals surface area contributed by atoms with Gasteiger partial charge in [0.2, 0.25) is 10.0 Å². The van der Waals surface area contributed by atoms with Gasteiger partial charge < -0.3 is 4.74 Å². The molecule has 2 rings (SSSR count). The molecule has 0 amide bonds.